The summed E-state index contributed by atoms with van der Waals surface area (Å²) in [5, 5.41) is 8.26. The van der Waals surface area contributed by atoms with Crippen molar-refractivity contribution in [1.82, 2.24) is 19.6 Å². The molecule has 4 aromatic carbocycles. The van der Waals surface area contributed by atoms with Crippen molar-refractivity contribution in [2.24, 2.45) is 0 Å². The first kappa shape index (κ1) is 51.0. The van der Waals surface area contributed by atoms with E-state index in [4.69, 9.17) is 19.2 Å². The van der Waals surface area contributed by atoms with Gasteiger partial charge in [0.15, 0.2) is 0 Å². The van der Waals surface area contributed by atoms with Crippen molar-refractivity contribution in [2.75, 3.05) is 52.4 Å². The molecule has 0 aliphatic carbocycles. The monoisotopic (exact) mass is 899 g/mol. The molecule has 2 amide bonds. The molecule has 0 spiro atoms. The van der Waals surface area contributed by atoms with Crippen LogP contribution in [0.15, 0.2) is 89.4 Å². The smallest absolute Gasteiger partial charge is 0.537 e. The van der Waals surface area contributed by atoms with Crippen molar-refractivity contribution in [3.63, 3.8) is 0 Å². The molecule has 331 valence electrons. The first-order chi connectivity index (χ1) is 28.3. The Kier molecular flexibility index (Phi) is 19.9. The Morgan fingerprint density at radius 1 is 0.607 bits per heavy atom. The van der Waals surface area contributed by atoms with E-state index in [1.165, 1.54) is 38.9 Å². The van der Waals surface area contributed by atoms with Gasteiger partial charge in [0.05, 0.1) is 0 Å². The van der Waals surface area contributed by atoms with E-state index < -0.39 is 11.2 Å². The summed E-state index contributed by atoms with van der Waals surface area (Å²) < 4.78 is 16.7. The van der Waals surface area contributed by atoms with Crippen molar-refractivity contribution in [2.45, 2.75) is 101 Å². The third-order valence-corrected chi connectivity index (χ3v) is 10.5. The van der Waals surface area contributed by atoms with Gasteiger partial charge in [-0.25, -0.2) is 9.59 Å². The van der Waals surface area contributed by atoms with Gasteiger partial charge in [-0.05, 0) is 132 Å². The minimum Gasteiger partial charge on any atom is -0.537 e. The van der Waals surface area contributed by atoms with E-state index in [2.05, 4.69) is 107 Å². The average Bonchev–Trinajstić information content (AvgIpc) is 3.17. The van der Waals surface area contributed by atoms with Crippen LogP contribution in [-0.4, -0.2) is 108 Å². The summed E-state index contributed by atoms with van der Waals surface area (Å²) in [7, 11) is 0.675. The summed E-state index contributed by atoms with van der Waals surface area (Å²) in [4.78, 5) is 32.7. The Bertz CT molecular complexity index is 2000. The van der Waals surface area contributed by atoms with Gasteiger partial charge in [-0.15, -0.1) is 0 Å². The topological polar surface area (TPSA) is 95.0 Å². The van der Waals surface area contributed by atoms with Crippen LogP contribution in [0.4, 0.5) is 9.59 Å². The lowest BCUT2D eigenvalue weighted by Gasteiger charge is -2.35. The molecule has 2 fully saturated rings. The number of aryl methyl sites for hydroxylation is 4. The molecule has 2 heterocycles. The van der Waals surface area contributed by atoms with E-state index in [0.717, 1.165) is 75.5 Å². The van der Waals surface area contributed by atoms with Crippen LogP contribution in [0.3, 0.4) is 0 Å². The zero-order valence-electron chi connectivity index (χ0n) is 37.4. The van der Waals surface area contributed by atoms with Crippen LogP contribution in [0.5, 0.6) is 5.75 Å². The second kappa shape index (κ2) is 23.7. The van der Waals surface area contributed by atoms with E-state index in [-0.39, 0.29) is 19.6 Å². The molecule has 0 atom stereocenters. The molecule has 12 heteroatoms. The van der Waals surface area contributed by atoms with Crippen molar-refractivity contribution in [3.8, 4) is 16.9 Å². The predicted octanol–water partition coefficient (Wildman–Crippen LogP) is 10.4. The van der Waals surface area contributed by atoms with E-state index in [9.17, 15) is 9.59 Å². The fourth-order valence-corrected chi connectivity index (χ4v) is 7.25. The maximum absolute atomic E-state index is 12.2. The molecular weight excluding hydrogens is 831 g/mol. The second-order valence-electron chi connectivity index (χ2n) is 17.6. The van der Waals surface area contributed by atoms with Gasteiger partial charge >= 0.3 is 19.9 Å². The maximum atomic E-state index is 12.2. The highest BCUT2D eigenvalue weighted by molar-refractivity contribution is 9.10. The lowest BCUT2D eigenvalue weighted by Crippen LogP contribution is -2.49. The quantitative estimate of drug-likeness (QED) is 0.183. The molecule has 0 aromatic heterocycles. The first-order valence-electron chi connectivity index (χ1n) is 20.8. The van der Waals surface area contributed by atoms with Crippen molar-refractivity contribution in [3.05, 3.63) is 123 Å². The molecule has 1 radical (unpaired) electrons. The van der Waals surface area contributed by atoms with Gasteiger partial charge < -0.3 is 29.0 Å². The molecule has 6 rings (SSSR count). The van der Waals surface area contributed by atoms with E-state index in [0.29, 0.717) is 13.4 Å². The van der Waals surface area contributed by atoms with E-state index in [1.54, 1.807) is 11.0 Å². The summed E-state index contributed by atoms with van der Waals surface area (Å²) in [5.41, 5.74) is 9.35. The van der Waals surface area contributed by atoms with Gasteiger partial charge in [-0.2, -0.15) is 0 Å². The first-order valence-corrected chi connectivity index (χ1v) is 21.6. The van der Waals surface area contributed by atoms with Gasteiger partial charge in [-0.3, -0.25) is 9.80 Å². The largest absolute Gasteiger partial charge is 0.569 e. The van der Waals surface area contributed by atoms with Crippen molar-refractivity contribution < 1.29 is 28.7 Å². The van der Waals surface area contributed by atoms with Crippen LogP contribution < -0.4 is 4.65 Å². The molecule has 0 bridgehead atoms. The third-order valence-electron chi connectivity index (χ3n) is 10.0. The van der Waals surface area contributed by atoms with Crippen LogP contribution in [0, 0.1) is 27.7 Å². The summed E-state index contributed by atoms with van der Waals surface area (Å²) in [5.74, 6) is 0.655. The molecular formula is C49H69BBrN4O6. The third kappa shape index (κ3) is 17.9. The molecule has 0 unspecified atom stereocenters. The van der Waals surface area contributed by atoms with Crippen molar-refractivity contribution >= 4 is 35.8 Å². The molecule has 2 aliphatic rings. The molecule has 2 saturated heterocycles. The van der Waals surface area contributed by atoms with Crippen LogP contribution in [-0.2, 0) is 22.6 Å². The van der Waals surface area contributed by atoms with Crippen LogP contribution >= 0.6 is 15.9 Å². The van der Waals surface area contributed by atoms with E-state index in [1.807, 2.05) is 71.6 Å². The number of rotatable bonds is 7. The SMILES string of the molecule is C.Cc1cc(Br)ccc1CN1CCN(C(=O)OC(C)(C)C)CC1.Cc1cccc(-c2ccc(CN3CCN(C(=O)OC(C)(C)C)CC3)c(C)c2)c1.Cc1cccc(O[B]O)c1. The Morgan fingerprint density at radius 2 is 1.05 bits per heavy atom. The summed E-state index contributed by atoms with van der Waals surface area (Å²) in [6, 6.07) is 29.2. The fourth-order valence-electron chi connectivity index (χ4n) is 6.78. The molecule has 4 aromatic rings. The second-order valence-corrected chi connectivity index (χ2v) is 18.5. The minimum atomic E-state index is -0.440. The minimum absolute atomic E-state index is 0. The summed E-state index contributed by atoms with van der Waals surface area (Å²) in [6.45, 7) is 28.1. The number of nitrogens with zero attached hydrogens (tertiary/aromatic N) is 4. The van der Waals surface area contributed by atoms with Crippen molar-refractivity contribution in [1.29, 1.82) is 0 Å². The Morgan fingerprint density at radius 3 is 1.48 bits per heavy atom. The lowest BCUT2D eigenvalue weighted by atomic mass is 9.98. The molecule has 2 aliphatic heterocycles. The number of halogens is 1. The molecule has 0 saturated carbocycles. The summed E-state index contributed by atoms with van der Waals surface area (Å²) >= 11 is 3.50. The normalized spacial score (nSPS) is 14.6. The number of hydrogen-bond acceptors (Lipinski definition) is 8. The predicted molar refractivity (Wildman–Crippen MR) is 253 cm³/mol. The molecule has 10 nitrogen and oxygen atoms in total. The van der Waals surface area contributed by atoms with Crippen LogP contribution in [0.1, 0.15) is 82.3 Å². The molecule has 1 N–H and O–H groups in total. The molecule has 61 heavy (non-hydrogen) atoms. The van der Waals surface area contributed by atoms with Crippen LogP contribution in [0.25, 0.3) is 11.1 Å². The number of hydrogen-bond donors (Lipinski definition) is 1. The van der Waals surface area contributed by atoms with Gasteiger partial charge in [0.25, 0.3) is 0 Å². The van der Waals surface area contributed by atoms with Gasteiger partial charge in [0.1, 0.15) is 17.0 Å². The highest BCUT2D eigenvalue weighted by Crippen LogP contribution is 2.25. The summed E-state index contributed by atoms with van der Waals surface area (Å²) in [6.07, 6.45) is -0.405. The number of benzene rings is 4. The average molecular weight is 901 g/mol. The highest BCUT2D eigenvalue weighted by Gasteiger charge is 2.27. The highest BCUT2D eigenvalue weighted by atomic mass is 79.9. The Balaban J connectivity index is 0.000000267. The number of piperazine rings is 2. The number of amides is 2. The lowest BCUT2D eigenvalue weighted by molar-refractivity contribution is 0.0129. The number of carbonyl (C=O) groups is 2. The standard InChI is InChI=1S/C24H32N2O2.C17H25BrN2O2.C7H8BO2.CH4/c1-18-7-6-8-20(15-18)21-9-10-22(19(2)16-21)17-25-11-13-26(14-12-25)23(27)28-24(3,4)5;1-13-11-15(18)6-5-14(13)12-19-7-9-20(10-8-19)16(21)22-17(2,3)4;1-6-3-2-4-7(5-6)10-8-9;/h6-10,15-16H,11-14,17H2,1-5H3;5-6,11H,7-10,12H2,1-4H3;2-5,9H,1H3;1H4. The zero-order chi connectivity index (χ0) is 44.0. The Labute approximate surface area is 375 Å². The maximum Gasteiger partial charge on any atom is 0.569 e. The Hall–Kier alpha value is -4.36. The number of carbonyl (C=O) groups excluding carboxylic acids is 2. The fraction of sp³-hybridized carbons (Fsp3) is 0.469. The van der Waals surface area contributed by atoms with Gasteiger partial charge in [0, 0.05) is 69.9 Å². The van der Waals surface area contributed by atoms with E-state index >= 15 is 0 Å². The van der Waals surface area contributed by atoms with Gasteiger partial charge in [0.2, 0.25) is 0 Å². The van der Waals surface area contributed by atoms with Gasteiger partial charge in [-0.1, -0.05) is 89.6 Å². The van der Waals surface area contributed by atoms with Crippen LogP contribution in [0.2, 0.25) is 0 Å². The number of ether oxygens (including phenoxy) is 2. The zero-order valence-corrected chi connectivity index (χ0v) is 39.0.